The highest BCUT2D eigenvalue weighted by molar-refractivity contribution is 9.10. The average molecular weight is 309 g/mol. The Balaban J connectivity index is 2.16. The Morgan fingerprint density at radius 1 is 1.33 bits per heavy atom. The lowest BCUT2D eigenvalue weighted by molar-refractivity contribution is 0.102. The lowest BCUT2D eigenvalue weighted by Crippen LogP contribution is -2.12. The van der Waals surface area contributed by atoms with Crippen LogP contribution < -0.4 is 5.32 Å². The van der Waals surface area contributed by atoms with Gasteiger partial charge in [0.15, 0.2) is 0 Å². The van der Waals surface area contributed by atoms with Crippen LogP contribution in [0.2, 0.25) is 0 Å². The van der Waals surface area contributed by atoms with Gasteiger partial charge in [-0.1, -0.05) is 6.07 Å². The fourth-order valence-corrected chi connectivity index (χ4v) is 1.62. The summed E-state index contributed by atoms with van der Waals surface area (Å²) in [6, 6.07) is 7.87. The van der Waals surface area contributed by atoms with Crippen molar-refractivity contribution in [3.63, 3.8) is 0 Å². The van der Waals surface area contributed by atoms with Gasteiger partial charge in [0.2, 0.25) is 0 Å². The van der Waals surface area contributed by atoms with E-state index in [0.717, 1.165) is 0 Å². The number of anilines is 1. The fraction of sp³-hybridized carbons (Fsp3) is 0.0769. The van der Waals surface area contributed by atoms with Gasteiger partial charge in [0.1, 0.15) is 10.4 Å². The zero-order valence-electron chi connectivity index (χ0n) is 9.58. The summed E-state index contributed by atoms with van der Waals surface area (Å²) >= 11 is 3.19. The topological polar surface area (TPSA) is 42.0 Å². The maximum atomic E-state index is 13.3. The van der Waals surface area contributed by atoms with E-state index < -0.39 is 0 Å². The Labute approximate surface area is 112 Å². The first-order chi connectivity index (χ1) is 8.56. The zero-order chi connectivity index (χ0) is 13.1. The minimum atomic E-state index is -0.346. The van der Waals surface area contributed by atoms with Crippen LogP contribution >= 0.6 is 15.9 Å². The summed E-state index contributed by atoms with van der Waals surface area (Å²) in [5, 5.41) is 2.61. The summed E-state index contributed by atoms with van der Waals surface area (Å²) in [7, 11) is 0. The number of hydrogen-bond donors (Lipinski definition) is 1. The number of carbonyl (C=O) groups excluding carboxylic acids is 1. The van der Waals surface area contributed by atoms with Gasteiger partial charge in [0, 0.05) is 11.9 Å². The fourth-order valence-electron chi connectivity index (χ4n) is 1.38. The van der Waals surface area contributed by atoms with E-state index in [9.17, 15) is 9.18 Å². The van der Waals surface area contributed by atoms with Crippen LogP contribution in [0.1, 0.15) is 15.9 Å². The van der Waals surface area contributed by atoms with Crippen LogP contribution in [-0.4, -0.2) is 10.9 Å². The third-order valence-electron chi connectivity index (χ3n) is 2.42. The van der Waals surface area contributed by atoms with Crippen LogP contribution in [0.3, 0.4) is 0 Å². The van der Waals surface area contributed by atoms with E-state index in [1.54, 1.807) is 31.2 Å². The molecule has 2 rings (SSSR count). The van der Waals surface area contributed by atoms with E-state index in [-0.39, 0.29) is 11.7 Å². The van der Waals surface area contributed by atoms with Crippen molar-refractivity contribution < 1.29 is 9.18 Å². The van der Waals surface area contributed by atoms with Crippen LogP contribution in [0.5, 0.6) is 0 Å². The van der Waals surface area contributed by atoms with Crippen molar-refractivity contribution in [2.24, 2.45) is 0 Å². The van der Waals surface area contributed by atoms with Gasteiger partial charge in [-0.2, -0.15) is 0 Å². The second-order valence-electron chi connectivity index (χ2n) is 3.79. The molecule has 2 aromatic rings. The highest BCUT2D eigenvalue weighted by atomic mass is 79.9. The lowest BCUT2D eigenvalue weighted by atomic mass is 10.2. The zero-order valence-corrected chi connectivity index (χ0v) is 11.2. The molecule has 1 aromatic heterocycles. The molecule has 1 amide bonds. The molecule has 92 valence electrons. The van der Waals surface area contributed by atoms with Crippen molar-refractivity contribution in [2.45, 2.75) is 6.92 Å². The van der Waals surface area contributed by atoms with Gasteiger partial charge in [-0.15, -0.1) is 0 Å². The maximum Gasteiger partial charge on any atom is 0.257 e. The monoisotopic (exact) mass is 308 g/mol. The first kappa shape index (κ1) is 12.7. The number of aryl methyl sites for hydroxylation is 1. The number of amides is 1. The van der Waals surface area contributed by atoms with Crippen molar-refractivity contribution in [1.29, 1.82) is 0 Å². The first-order valence-corrected chi connectivity index (χ1v) is 6.04. The molecular weight excluding hydrogens is 299 g/mol. The minimum Gasteiger partial charge on any atom is -0.322 e. The van der Waals surface area contributed by atoms with Gasteiger partial charge in [0.25, 0.3) is 5.91 Å². The van der Waals surface area contributed by atoms with Gasteiger partial charge in [0.05, 0.1) is 5.56 Å². The highest BCUT2D eigenvalue weighted by Crippen LogP contribution is 2.15. The number of rotatable bonds is 2. The molecule has 0 radical (unpaired) electrons. The predicted octanol–water partition coefficient (Wildman–Crippen LogP) is 3.54. The number of carbonyl (C=O) groups is 1. The maximum absolute atomic E-state index is 13.3. The summed E-state index contributed by atoms with van der Waals surface area (Å²) < 4.78 is 14.0. The van der Waals surface area contributed by atoms with Gasteiger partial charge >= 0.3 is 0 Å². The van der Waals surface area contributed by atoms with E-state index in [4.69, 9.17) is 0 Å². The molecule has 1 aromatic carbocycles. The highest BCUT2D eigenvalue weighted by Gasteiger charge is 2.07. The molecule has 0 aliphatic carbocycles. The average Bonchev–Trinajstić information content (AvgIpc) is 2.34. The molecule has 1 N–H and O–H groups in total. The lowest BCUT2D eigenvalue weighted by Gasteiger charge is -2.06. The Morgan fingerprint density at radius 2 is 2.11 bits per heavy atom. The molecule has 3 nitrogen and oxygen atoms in total. The van der Waals surface area contributed by atoms with Crippen LogP contribution in [0.15, 0.2) is 41.1 Å². The second-order valence-corrected chi connectivity index (χ2v) is 4.60. The molecule has 0 unspecified atom stereocenters. The van der Waals surface area contributed by atoms with Gasteiger partial charge in [-0.3, -0.25) is 4.79 Å². The van der Waals surface area contributed by atoms with E-state index in [2.05, 4.69) is 26.2 Å². The smallest absolute Gasteiger partial charge is 0.257 e. The Hall–Kier alpha value is -1.75. The summed E-state index contributed by atoms with van der Waals surface area (Å²) in [4.78, 5) is 15.8. The van der Waals surface area contributed by atoms with E-state index >= 15 is 0 Å². The molecule has 5 heteroatoms. The van der Waals surface area contributed by atoms with Gasteiger partial charge in [-0.25, -0.2) is 9.37 Å². The van der Waals surface area contributed by atoms with Crippen molar-refractivity contribution in [2.75, 3.05) is 5.32 Å². The third-order valence-corrected chi connectivity index (χ3v) is 2.89. The van der Waals surface area contributed by atoms with Crippen LogP contribution in [0.25, 0.3) is 0 Å². The molecule has 0 saturated carbocycles. The molecule has 1 heterocycles. The molecule has 0 aliphatic rings. The van der Waals surface area contributed by atoms with E-state index in [1.165, 1.54) is 12.3 Å². The Bertz CT molecular complexity index is 584. The molecular formula is C13H10BrFN2O. The first-order valence-electron chi connectivity index (χ1n) is 5.25. The summed E-state index contributed by atoms with van der Waals surface area (Å²) in [5.41, 5.74) is 1.38. The normalized spacial score (nSPS) is 10.2. The Morgan fingerprint density at radius 3 is 2.72 bits per heavy atom. The third kappa shape index (κ3) is 2.92. The van der Waals surface area contributed by atoms with E-state index in [1.807, 2.05) is 0 Å². The SMILES string of the molecule is Cc1ccc(NC(=O)c2ccc(Br)nc2)cc1F. The van der Waals surface area contributed by atoms with Crippen molar-refractivity contribution in [3.8, 4) is 0 Å². The van der Waals surface area contributed by atoms with Crippen LogP contribution in [0.4, 0.5) is 10.1 Å². The summed E-state index contributed by atoms with van der Waals surface area (Å²) in [6.45, 7) is 1.67. The Kier molecular flexibility index (Phi) is 3.72. The second kappa shape index (κ2) is 5.27. The summed E-state index contributed by atoms with van der Waals surface area (Å²) in [6.07, 6.45) is 1.45. The predicted molar refractivity (Wildman–Crippen MR) is 71.0 cm³/mol. The van der Waals surface area contributed by atoms with Crippen LogP contribution in [-0.2, 0) is 0 Å². The molecule has 0 saturated heterocycles. The minimum absolute atomic E-state index is 0.321. The van der Waals surface area contributed by atoms with Crippen molar-refractivity contribution >= 4 is 27.5 Å². The quantitative estimate of drug-likeness (QED) is 0.862. The number of halogens is 2. The number of pyridine rings is 1. The molecule has 0 aliphatic heterocycles. The van der Waals surface area contributed by atoms with Crippen molar-refractivity contribution in [1.82, 2.24) is 4.98 Å². The molecule has 0 fully saturated rings. The molecule has 0 atom stereocenters. The molecule has 18 heavy (non-hydrogen) atoms. The number of hydrogen-bond acceptors (Lipinski definition) is 2. The molecule has 0 bridgehead atoms. The number of nitrogens with zero attached hydrogens (tertiary/aromatic N) is 1. The standard InChI is InChI=1S/C13H10BrFN2O/c1-8-2-4-10(6-11(8)15)17-13(18)9-3-5-12(14)16-7-9/h2-7H,1H3,(H,17,18). The largest absolute Gasteiger partial charge is 0.322 e. The van der Waals surface area contributed by atoms with Gasteiger partial charge in [-0.05, 0) is 52.7 Å². The number of aromatic nitrogens is 1. The van der Waals surface area contributed by atoms with Gasteiger partial charge < -0.3 is 5.32 Å². The number of benzene rings is 1. The van der Waals surface area contributed by atoms with Crippen molar-refractivity contribution in [3.05, 3.63) is 58.1 Å². The van der Waals surface area contributed by atoms with Crippen LogP contribution in [0, 0.1) is 12.7 Å². The molecule has 0 spiro atoms. The van der Waals surface area contributed by atoms with E-state index in [0.29, 0.717) is 21.4 Å². The number of nitrogens with one attached hydrogen (secondary N) is 1. The summed E-state index contributed by atoms with van der Waals surface area (Å²) in [5.74, 6) is -0.667.